The number of rotatable bonds is 1. The van der Waals surface area contributed by atoms with Gasteiger partial charge >= 0.3 is 0 Å². The van der Waals surface area contributed by atoms with Crippen LogP contribution in [0.1, 0.15) is 30.6 Å². The fourth-order valence-corrected chi connectivity index (χ4v) is 2.43. The van der Waals surface area contributed by atoms with Crippen molar-refractivity contribution in [2.24, 2.45) is 0 Å². The predicted molar refractivity (Wildman–Crippen MR) is 64.7 cm³/mol. The molecule has 2 aliphatic rings. The van der Waals surface area contributed by atoms with E-state index in [2.05, 4.69) is 0 Å². The van der Waals surface area contributed by atoms with E-state index in [-0.39, 0.29) is 24.4 Å². The first-order valence-corrected chi connectivity index (χ1v) is 6.26. The van der Waals surface area contributed by atoms with Crippen molar-refractivity contribution in [3.8, 4) is 5.75 Å². The van der Waals surface area contributed by atoms with Crippen LogP contribution in [-0.4, -0.2) is 30.4 Å². The lowest BCUT2D eigenvalue weighted by molar-refractivity contribution is -0.149. The van der Waals surface area contributed by atoms with E-state index in [1.807, 2.05) is 13.8 Å². The highest BCUT2D eigenvalue weighted by Crippen LogP contribution is 2.33. The Morgan fingerprint density at radius 3 is 2.79 bits per heavy atom. The Morgan fingerprint density at radius 1 is 1.32 bits per heavy atom. The first-order valence-electron chi connectivity index (χ1n) is 6.26. The van der Waals surface area contributed by atoms with Crippen LogP contribution in [0.25, 0.3) is 0 Å². The number of carbonyl (C=O) groups excluding carboxylic acids is 1. The number of hydrogen-bond acceptors (Lipinski definition) is 4. The van der Waals surface area contributed by atoms with Gasteiger partial charge in [0.2, 0.25) is 0 Å². The van der Waals surface area contributed by atoms with Gasteiger partial charge in [0, 0.05) is 0 Å². The second-order valence-electron chi connectivity index (χ2n) is 5.29. The van der Waals surface area contributed by atoms with E-state index in [9.17, 15) is 9.18 Å². The van der Waals surface area contributed by atoms with Crippen LogP contribution in [0.3, 0.4) is 0 Å². The average Bonchev–Trinajstić information content (AvgIpc) is 2.70. The zero-order valence-corrected chi connectivity index (χ0v) is 10.8. The fourth-order valence-electron chi connectivity index (χ4n) is 2.43. The fraction of sp³-hybridized carbons (Fsp3) is 0.500. The number of Topliss-reactive ketones (excluding diaryl/α,β-unsaturated/α-hetero) is 1. The first kappa shape index (κ1) is 12.6. The van der Waals surface area contributed by atoms with Gasteiger partial charge in [-0.25, -0.2) is 4.39 Å². The van der Waals surface area contributed by atoms with Gasteiger partial charge in [-0.15, -0.1) is 0 Å². The highest BCUT2D eigenvalue weighted by Gasteiger charge is 2.41. The molecule has 2 heterocycles. The molecule has 1 aromatic rings. The third-order valence-electron chi connectivity index (χ3n) is 3.35. The van der Waals surface area contributed by atoms with E-state index < -0.39 is 11.6 Å². The van der Waals surface area contributed by atoms with Crippen molar-refractivity contribution in [2.75, 3.05) is 6.61 Å². The molecule has 0 aliphatic carbocycles. The molecule has 102 valence electrons. The minimum atomic E-state index is -0.653. The van der Waals surface area contributed by atoms with E-state index >= 15 is 0 Å². The zero-order valence-electron chi connectivity index (χ0n) is 10.8. The Morgan fingerprint density at radius 2 is 2.11 bits per heavy atom. The van der Waals surface area contributed by atoms with Crippen molar-refractivity contribution in [1.82, 2.24) is 0 Å². The van der Waals surface area contributed by atoms with Gasteiger partial charge in [0.1, 0.15) is 23.8 Å². The quantitative estimate of drug-likeness (QED) is 0.782. The molecule has 3 rings (SSSR count). The van der Waals surface area contributed by atoms with Gasteiger partial charge in [0.05, 0.1) is 18.6 Å². The molecule has 0 saturated carbocycles. The van der Waals surface area contributed by atoms with Crippen LogP contribution in [0.2, 0.25) is 0 Å². The Hall–Kier alpha value is -1.46. The minimum Gasteiger partial charge on any atom is -0.486 e. The molecule has 0 bridgehead atoms. The lowest BCUT2D eigenvalue weighted by Gasteiger charge is -2.29. The number of fused-ring (bicyclic) bond motifs is 1. The predicted octanol–water partition coefficient (Wildman–Crippen LogP) is 2.31. The van der Waals surface area contributed by atoms with Gasteiger partial charge in [-0.05, 0) is 32.0 Å². The maximum Gasteiger partial charge on any atom is 0.170 e. The van der Waals surface area contributed by atoms with Crippen molar-refractivity contribution in [3.63, 3.8) is 0 Å². The van der Waals surface area contributed by atoms with Crippen molar-refractivity contribution in [1.29, 1.82) is 0 Å². The van der Waals surface area contributed by atoms with E-state index in [0.29, 0.717) is 17.9 Å². The average molecular weight is 266 g/mol. The minimum absolute atomic E-state index is 0.126. The van der Waals surface area contributed by atoms with Gasteiger partial charge in [0.15, 0.2) is 11.6 Å². The molecule has 1 fully saturated rings. The van der Waals surface area contributed by atoms with Gasteiger partial charge < -0.3 is 14.2 Å². The summed E-state index contributed by atoms with van der Waals surface area (Å²) in [5.74, 6) is -0.800. The molecule has 0 N–H and O–H groups in total. The summed E-state index contributed by atoms with van der Waals surface area (Å²) in [6.07, 6.45) is -0.481. The lowest BCUT2D eigenvalue weighted by atomic mass is 9.98. The van der Waals surface area contributed by atoms with Crippen LogP contribution < -0.4 is 4.74 Å². The Labute approximate surface area is 110 Å². The summed E-state index contributed by atoms with van der Waals surface area (Å²) in [7, 11) is 0. The maximum atomic E-state index is 13.1. The summed E-state index contributed by atoms with van der Waals surface area (Å²) in [6, 6.07) is 3.98. The topological polar surface area (TPSA) is 44.8 Å². The zero-order chi connectivity index (χ0) is 13.6. The van der Waals surface area contributed by atoms with Crippen LogP contribution in [0.4, 0.5) is 4.39 Å². The third-order valence-corrected chi connectivity index (χ3v) is 3.35. The molecule has 1 aromatic carbocycles. The molecule has 5 heteroatoms. The molecule has 2 atom stereocenters. The molecule has 2 aliphatic heterocycles. The molecule has 4 nitrogen and oxygen atoms in total. The Kier molecular flexibility index (Phi) is 2.83. The molecule has 0 aromatic heterocycles. The number of benzene rings is 1. The Balaban J connectivity index is 1.82. The SMILES string of the molecule is CC1(C)OC[C@H]([C@@H]2CC(=O)c3cc(F)ccc3O2)O1. The van der Waals surface area contributed by atoms with Crippen molar-refractivity contribution >= 4 is 5.78 Å². The summed E-state index contributed by atoms with van der Waals surface area (Å²) < 4.78 is 30.0. The second-order valence-corrected chi connectivity index (χ2v) is 5.29. The lowest BCUT2D eigenvalue weighted by Crippen LogP contribution is -2.39. The third kappa shape index (κ3) is 2.35. The van der Waals surface area contributed by atoms with Gasteiger partial charge in [0.25, 0.3) is 0 Å². The number of hydrogen-bond donors (Lipinski definition) is 0. The molecular weight excluding hydrogens is 251 g/mol. The number of halogens is 1. The molecule has 0 radical (unpaired) electrons. The second kappa shape index (κ2) is 4.28. The number of ether oxygens (including phenoxy) is 3. The molecular formula is C14H15FO4. The molecule has 1 saturated heterocycles. The van der Waals surface area contributed by atoms with Gasteiger partial charge in [-0.3, -0.25) is 4.79 Å². The van der Waals surface area contributed by atoms with Gasteiger partial charge in [-0.2, -0.15) is 0 Å². The highest BCUT2D eigenvalue weighted by atomic mass is 19.1. The smallest absolute Gasteiger partial charge is 0.170 e. The maximum absolute atomic E-state index is 13.1. The normalized spacial score (nSPS) is 28.9. The Bertz CT molecular complexity index is 526. The monoisotopic (exact) mass is 266 g/mol. The summed E-state index contributed by atoms with van der Waals surface area (Å²) >= 11 is 0. The largest absolute Gasteiger partial charge is 0.486 e. The van der Waals surface area contributed by atoms with Crippen LogP contribution in [-0.2, 0) is 9.47 Å². The van der Waals surface area contributed by atoms with Crippen molar-refractivity contribution < 1.29 is 23.4 Å². The summed E-state index contributed by atoms with van der Waals surface area (Å²) in [5, 5.41) is 0. The van der Waals surface area contributed by atoms with Crippen LogP contribution in [0.15, 0.2) is 18.2 Å². The van der Waals surface area contributed by atoms with Crippen molar-refractivity contribution in [3.05, 3.63) is 29.6 Å². The van der Waals surface area contributed by atoms with Gasteiger partial charge in [-0.1, -0.05) is 0 Å². The van der Waals surface area contributed by atoms with Crippen LogP contribution in [0.5, 0.6) is 5.75 Å². The summed E-state index contributed by atoms with van der Waals surface area (Å²) in [5.41, 5.74) is 0.300. The van der Waals surface area contributed by atoms with Crippen LogP contribution >= 0.6 is 0 Å². The summed E-state index contributed by atoms with van der Waals surface area (Å²) in [6.45, 7) is 4.03. The van der Waals surface area contributed by atoms with E-state index in [4.69, 9.17) is 14.2 Å². The van der Waals surface area contributed by atoms with Crippen molar-refractivity contribution in [2.45, 2.75) is 38.3 Å². The first-order chi connectivity index (χ1) is 8.94. The van der Waals surface area contributed by atoms with E-state index in [1.165, 1.54) is 18.2 Å². The highest BCUT2D eigenvalue weighted by molar-refractivity contribution is 5.99. The van der Waals surface area contributed by atoms with E-state index in [1.54, 1.807) is 0 Å². The molecule has 0 amide bonds. The van der Waals surface area contributed by atoms with Crippen LogP contribution in [0, 0.1) is 5.82 Å². The molecule has 0 unspecified atom stereocenters. The molecule has 0 spiro atoms. The summed E-state index contributed by atoms with van der Waals surface area (Å²) in [4.78, 5) is 12.0. The standard InChI is InChI=1S/C14H15FO4/c1-14(2)17-7-13(19-14)12-6-10(16)9-5-8(15)3-4-11(9)18-12/h3-5,12-13H,6-7H2,1-2H3/t12-,13+/m0/s1. The number of ketones is 1. The molecule has 19 heavy (non-hydrogen) atoms. The van der Waals surface area contributed by atoms with E-state index in [0.717, 1.165) is 0 Å². The number of carbonyl (C=O) groups is 1.